The lowest BCUT2D eigenvalue weighted by atomic mass is 10.1. The van der Waals surface area contributed by atoms with Crippen LogP contribution < -0.4 is 5.56 Å². The summed E-state index contributed by atoms with van der Waals surface area (Å²) in [6, 6.07) is 3.20. The second-order valence-corrected chi connectivity index (χ2v) is 8.95. The third kappa shape index (κ3) is 3.97. The molecule has 1 aliphatic rings. The summed E-state index contributed by atoms with van der Waals surface area (Å²) >= 11 is 0. The Hall–Kier alpha value is -3.63. The lowest BCUT2D eigenvalue weighted by molar-refractivity contribution is 0.00615. The number of carbonyl (C=O) groups excluding carboxylic acids is 2. The molecule has 1 aliphatic heterocycles. The van der Waals surface area contributed by atoms with Crippen LogP contribution in [0.25, 0.3) is 11.5 Å². The minimum absolute atomic E-state index is 0.186. The first kappa shape index (κ1) is 21.6. The fraction of sp³-hybridized carbons (Fsp3) is 0.476. The van der Waals surface area contributed by atoms with Gasteiger partial charge in [-0.25, -0.2) is 14.0 Å². The van der Waals surface area contributed by atoms with Crippen molar-refractivity contribution in [3.63, 3.8) is 0 Å². The largest absolute Gasteiger partial charge is 0.444 e. The molecule has 2 amide bonds. The van der Waals surface area contributed by atoms with Gasteiger partial charge >= 0.3 is 6.09 Å². The van der Waals surface area contributed by atoms with Crippen molar-refractivity contribution in [2.45, 2.75) is 46.3 Å². The van der Waals surface area contributed by atoms with Gasteiger partial charge in [-0.15, -0.1) is 5.10 Å². The number of carbonyl (C=O) groups is 2. The van der Waals surface area contributed by atoms with E-state index in [0.717, 1.165) is 0 Å². The molecule has 4 heterocycles. The molecular formula is C21H27N7O4. The molecule has 11 heteroatoms. The van der Waals surface area contributed by atoms with Gasteiger partial charge in [0.2, 0.25) is 5.95 Å². The summed E-state index contributed by atoms with van der Waals surface area (Å²) in [7, 11) is 0. The number of fused-ring (bicyclic) bond motifs is 1. The molecule has 1 atom stereocenters. The van der Waals surface area contributed by atoms with Crippen molar-refractivity contribution in [3.8, 4) is 5.95 Å². The predicted octanol–water partition coefficient (Wildman–Crippen LogP) is 1.60. The van der Waals surface area contributed by atoms with Crippen LogP contribution in [0.3, 0.4) is 0 Å². The van der Waals surface area contributed by atoms with Gasteiger partial charge in [-0.3, -0.25) is 14.6 Å². The Labute approximate surface area is 184 Å². The van der Waals surface area contributed by atoms with Crippen molar-refractivity contribution in [1.82, 2.24) is 34.2 Å². The van der Waals surface area contributed by atoms with Gasteiger partial charge < -0.3 is 14.5 Å². The maximum atomic E-state index is 13.3. The van der Waals surface area contributed by atoms with Gasteiger partial charge in [0.25, 0.3) is 11.5 Å². The van der Waals surface area contributed by atoms with E-state index in [0.29, 0.717) is 36.4 Å². The maximum Gasteiger partial charge on any atom is 0.410 e. The normalized spacial score (nSPS) is 17.1. The van der Waals surface area contributed by atoms with Crippen molar-refractivity contribution >= 4 is 17.5 Å². The molecule has 0 aliphatic carbocycles. The maximum absolute atomic E-state index is 13.3. The molecule has 0 bridgehead atoms. The number of piperazine rings is 1. The number of ether oxygens (including phenoxy) is 1. The van der Waals surface area contributed by atoms with Gasteiger partial charge in [0.05, 0.1) is 17.5 Å². The molecule has 1 fully saturated rings. The molecule has 3 aromatic heterocycles. The van der Waals surface area contributed by atoms with Crippen LogP contribution in [0.15, 0.2) is 29.3 Å². The summed E-state index contributed by atoms with van der Waals surface area (Å²) in [4.78, 5) is 43.9. The quantitative estimate of drug-likeness (QED) is 0.645. The fourth-order valence-corrected chi connectivity index (χ4v) is 3.77. The fourth-order valence-electron chi connectivity index (χ4n) is 3.77. The van der Waals surface area contributed by atoms with Crippen LogP contribution >= 0.6 is 0 Å². The average molecular weight is 441 g/mol. The molecule has 0 aromatic carbocycles. The molecule has 0 saturated carbocycles. The SMILES string of the molecule is Cc1c(C(=O)N2CCN(C(=O)OC(C)(C)C)C[C@H]2C)cnn1-c1nn2cccc2c(=O)[nH]1. The smallest absolute Gasteiger partial charge is 0.410 e. The molecule has 4 rings (SSSR count). The van der Waals surface area contributed by atoms with Crippen LogP contribution in [0.1, 0.15) is 43.7 Å². The van der Waals surface area contributed by atoms with E-state index < -0.39 is 5.60 Å². The Balaban J connectivity index is 1.53. The van der Waals surface area contributed by atoms with Crippen LogP contribution in [0, 0.1) is 6.92 Å². The molecule has 1 saturated heterocycles. The molecular weight excluding hydrogens is 414 g/mol. The lowest BCUT2D eigenvalue weighted by Crippen LogP contribution is -2.56. The molecule has 0 unspecified atom stereocenters. The van der Waals surface area contributed by atoms with E-state index in [1.165, 1.54) is 15.4 Å². The number of amides is 2. The van der Waals surface area contributed by atoms with Crippen molar-refractivity contribution < 1.29 is 14.3 Å². The number of nitrogens with one attached hydrogen (secondary N) is 1. The number of hydrogen-bond acceptors (Lipinski definition) is 6. The first-order valence-electron chi connectivity index (χ1n) is 10.5. The number of aromatic nitrogens is 5. The highest BCUT2D eigenvalue weighted by Gasteiger charge is 2.33. The van der Waals surface area contributed by atoms with E-state index in [9.17, 15) is 14.4 Å². The van der Waals surface area contributed by atoms with E-state index in [1.807, 2.05) is 27.7 Å². The number of nitrogens with zero attached hydrogens (tertiary/aromatic N) is 6. The lowest BCUT2D eigenvalue weighted by Gasteiger charge is -2.40. The van der Waals surface area contributed by atoms with Crippen molar-refractivity contribution in [2.24, 2.45) is 0 Å². The van der Waals surface area contributed by atoms with Gasteiger partial charge in [0.1, 0.15) is 11.1 Å². The highest BCUT2D eigenvalue weighted by Crippen LogP contribution is 2.19. The second-order valence-electron chi connectivity index (χ2n) is 8.95. The van der Waals surface area contributed by atoms with Crippen LogP contribution in [0.4, 0.5) is 4.79 Å². The van der Waals surface area contributed by atoms with Crippen molar-refractivity contribution in [3.05, 3.63) is 46.1 Å². The van der Waals surface area contributed by atoms with E-state index >= 15 is 0 Å². The van der Waals surface area contributed by atoms with Gasteiger partial charge in [-0.2, -0.15) is 5.10 Å². The molecule has 1 N–H and O–H groups in total. The Morgan fingerprint density at radius 1 is 1.25 bits per heavy atom. The minimum atomic E-state index is -0.572. The average Bonchev–Trinajstić information content (AvgIpc) is 3.32. The van der Waals surface area contributed by atoms with Gasteiger partial charge in [0.15, 0.2) is 0 Å². The molecule has 11 nitrogen and oxygen atoms in total. The van der Waals surface area contributed by atoms with Crippen molar-refractivity contribution in [1.29, 1.82) is 0 Å². The Morgan fingerprint density at radius 2 is 2.00 bits per heavy atom. The molecule has 0 spiro atoms. The summed E-state index contributed by atoms with van der Waals surface area (Å²) in [5.74, 6) is 0.0347. The zero-order valence-corrected chi connectivity index (χ0v) is 18.8. The zero-order valence-electron chi connectivity index (χ0n) is 18.8. The van der Waals surface area contributed by atoms with Crippen LogP contribution in [0.5, 0.6) is 0 Å². The summed E-state index contributed by atoms with van der Waals surface area (Å²) in [5, 5.41) is 8.65. The van der Waals surface area contributed by atoms with E-state index in [-0.39, 0.29) is 29.5 Å². The third-order valence-electron chi connectivity index (χ3n) is 5.37. The number of rotatable bonds is 2. The highest BCUT2D eigenvalue weighted by molar-refractivity contribution is 5.95. The molecule has 3 aromatic rings. The summed E-state index contributed by atoms with van der Waals surface area (Å²) in [6.45, 7) is 10.3. The minimum Gasteiger partial charge on any atom is -0.444 e. The third-order valence-corrected chi connectivity index (χ3v) is 5.37. The molecule has 0 radical (unpaired) electrons. The Morgan fingerprint density at radius 3 is 2.69 bits per heavy atom. The second kappa shape index (κ2) is 7.81. The molecule has 170 valence electrons. The van der Waals surface area contributed by atoms with E-state index in [1.54, 1.807) is 35.1 Å². The van der Waals surface area contributed by atoms with Crippen LogP contribution in [-0.4, -0.2) is 77.5 Å². The number of H-pyrrole nitrogens is 1. The molecule has 32 heavy (non-hydrogen) atoms. The van der Waals surface area contributed by atoms with E-state index in [2.05, 4.69) is 15.2 Å². The van der Waals surface area contributed by atoms with Gasteiger partial charge in [-0.05, 0) is 46.8 Å². The van der Waals surface area contributed by atoms with Crippen LogP contribution in [-0.2, 0) is 4.74 Å². The van der Waals surface area contributed by atoms with Crippen molar-refractivity contribution in [2.75, 3.05) is 19.6 Å². The first-order chi connectivity index (χ1) is 15.0. The first-order valence-corrected chi connectivity index (χ1v) is 10.5. The van der Waals surface area contributed by atoms with Crippen LogP contribution in [0.2, 0.25) is 0 Å². The number of hydrogen-bond donors (Lipinski definition) is 1. The highest BCUT2D eigenvalue weighted by atomic mass is 16.6. The summed E-state index contributed by atoms with van der Waals surface area (Å²) in [6.07, 6.45) is 2.77. The zero-order chi connectivity index (χ0) is 23.2. The monoisotopic (exact) mass is 441 g/mol. The summed E-state index contributed by atoms with van der Waals surface area (Å²) in [5.41, 5.74) is 0.530. The predicted molar refractivity (Wildman–Crippen MR) is 116 cm³/mol. The Bertz CT molecular complexity index is 1230. The number of aromatic amines is 1. The standard InChI is InChI=1S/C21H27N7O4/c1-13-12-25(20(31)32-21(3,4)5)9-10-26(13)18(30)15-11-22-28(14(15)2)19-23-17(29)16-7-6-8-27(16)24-19/h6-8,11,13H,9-10,12H2,1-5H3,(H,23,24,29)/t13-/m1/s1. The topological polar surface area (TPSA) is 118 Å². The van der Waals surface area contributed by atoms with Gasteiger partial charge in [0, 0.05) is 31.9 Å². The Kier molecular flexibility index (Phi) is 5.27. The van der Waals surface area contributed by atoms with Gasteiger partial charge in [-0.1, -0.05) is 0 Å². The summed E-state index contributed by atoms with van der Waals surface area (Å²) < 4.78 is 8.35. The van der Waals surface area contributed by atoms with E-state index in [4.69, 9.17) is 4.74 Å².